The first-order chi connectivity index (χ1) is 9.63. The number of hydrogen-bond acceptors (Lipinski definition) is 2. The van der Waals surface area contributed by atoms with Crippen LogP contribution < -0.4 is 5.32 Å². The van der Waals surface area contributed by atoms with E-state index in [4.69, 9.17) is 4.74 Å². The van der Waals surface area contributed by atoms with E-state index in [1.54, 1.807) is 6.07 Å². The van der Waals surface area contributed by atoms with Gasteiger partial charge in [0.05, 0.1) is 11.6 Å². The van der Waals surface area contributed by atoms with Gasteiger partial charge in [0.1, 0.15) is 5.82 Å². The molecule has 0 radical (unpaired) electrons. The van der Waals surface area contributed by atoms with Gasteiger partial charge < -0.3 is 10.1 Å². The van der Waals surface area contributed by atoms with Crippen LogP contribution in [0, 0.1) is 12.7 Å². The Bertz CT molecular complexity index is 441. The standard InChI is InChI=1S/C17H26FNO/c1-4-19-16(14-8-9-15(18)13(3)12-14)17(20-5-2)10-6-7-11-17/h8-9,12,16,19H,4-7,10-11H2,1-3H3. The summed E-state index contributed by atoms with van der Waals surface area (Å²) in [4.78, 5) is 0. The van der Waals surface area contributed by atoms with Crippen molar-refractivity contribution in [2.45, 2.75) is 58.1 Å². The molecule has 1 N–H and O–H groups in total. The highest BCUT2D eigenvalue weighted by Crippen LogP contribution is 2.43. The quantitative estimate of drug-likeness (QED) is 0.845. The fourth-order valence-corrected chi connectivity index (χ4v) is 3.44. The molecule has 2 nitrogen and oxygen atoms in total. The lowest BCUT2D eigenvalue weighted by atomic mass is 9.86. The number of halogens is 1. The molecule has 0 bridgehead atoms. The topological polar surface area (TPSA) is 21.3 Å². The van der Waals surface area contributed by atoms with E-state index in [1.165, 1.54) is 12.8 Å². The number of rotatable bonds is 6. The summed E-state index contributed by atoms with van der Waals surface area (Å²) >= 11 is 0. The largest absolute Gasteiger partial charge is 0.373 e. The molecule has 1 fully saturated rings. The Morgan fingerprint density at radius 3 is 2.55 bits per heavy atom. The van der Waals surface area contributed by atoms with E-state index < -0.39 is 0 Å². The van der Waals surface area contributed by atoms with Gasteiger partial charge in [-0.2, -0.15) is 0 Å². The summed E-state index contributed by atoms with van der Waals surface area (Å²) in [5.74, 6) is -0.138. The maximum absolute atomic E-state index is 13.5. The molecule has 0 amide bonds. The molecular formula is C17H26FNO. The Hall–Kier alpha value is -0.930. The van der Waals surface area contributed by atoms with E-state index in [-0.39, 0.29) is 17.5 Å². The Kier molecular flexibility index (Phi) is 5.17. The van der Waals surface area contributed by atoms with Crippen molar-refractivity contribution in [1.29, 1.82) is 0 Å². The van der Waals surface area contributed by atoms with Crippen molar-refractivity contribution in [1.82, 2.24) is 5.32 Å². The number of ether oxygens (including phenoxy) is 1. The lowest BCUT2D eigenvalue weighted by molar-refractivity contribution is -0.0623. The van der Waals surface area contributed by atoms with Crippen molar-refractivity contribution >= 4 is 0 Å². The van der Waals surface area contributed by atoms with Crippen molar-refractivity contribution in [2.24, 2.45) is 0 Å². The predicted octanol–water partition coefficient (Wildman–Crippen LogP) is 4.13. The average molecular weight is 279 g/mol. The molecule has 1 unspecified atom stereocenters. The van der Waals surface area contributed by atoms with Crippen molar-refractivity contribution in [2.75, 3.05) is 13.2 Å². The molecule has 20 heavy (non-hydrogen) atoms. The van der Waals surface area contributed by atoms with E-state index in [0.29, 0.717) is 5.56 Å². The van der Waals surface area contributed by atoms with Crippen LogP contribution >= 0.6 is 0 Å². The number of hydrogen-bond donors (Lipinski definition) is 1. The highest BCUT2D eigenvalue weighted by atomic mass is 19.1. The van der Waals surface area contributed by atoms with Crippen LogP contribution in [-0.4, -0.2) is 18.8 Å². The Morgan fingerprint density at radius 2 is 2.00 bits per heavy atom. The fourth-order valence-electron chi connectivity index (χ4n) is 3.44. The van der Waals surface area contributed by atoms with Gasteiger partial charge in [-0.3, -0.25) is 0 Å². The number of aryl methyl sites for hydroxylation is 1. The van der Waals surface area contributed by atoms with Crippen LogP contribution in [-0.2, 0) is 4.74 Å². The van der Waals surface area contributed by atoms with Crippen LogP contribution in [0.15, 0.2) is 18.2 Å². The van der Waals surface area contributed by atoms with Gasteiger partial charge >= 0.3 is 0 Å². The molecule has 1 atom stereocenters. The first-order valence-corrected chi connectivity index (χ1v) is 7.76. The fraction of sp³-hybridized carbons (Fsp3) is 0.647. The molecule has 112 valence electrons. The highest BCUT2D eigenvalue weighted by Gasteiger charge is 2.42. The maximum Gasteiger partial charge on any atom is 0.126 e. The minimum Gasteiger partial charge on any atom is -0.373 e. The Morgan fingerprint density at radius 1 is 1.30 bits per heavy atom. The summed E-state index contributed by atoms with van der Waals surface area (Å²) in [6, 6.07) is 5.58. The summed E-state index contributed by atoms with van der Waals surface area (Å²) in [6.45, 7) is 7.60. The molecule has 2 rings (SSSR count). The van der Waals surface area contributed by atoms with Gasteiger partial charge in [-0.15, -0.1) is 0 Å². The van der Waals surface area contributed by atoms with Gasteiger partial charge in [-0.1, -0.05) is 31.9 Å². The van der Waals surface area contributed by atoms with Crippen LogP contribution in [0.2, 0.25) is 0 Å². The molecule has 0 spiro atoms. The zero-order chi connectivity index (χ0) is 14.6. The minimum atomic E-state index is -0.138. The number of benzene rings is 1. The Labute approximate surface area is 121 Å². The average Bonchev–Trinajstić information content (AvgIpc) is 2.89. The van der Waals surface area contributed by atoms with Crippen molar-refractivity contribution in [3.8, 4) is 0 Å². The third kappa shape index (κ3) is 3.04. The molecule has 1 aliphatic carbocycles. The second kappa shape index (κ2) is 6.68. The second-order valence-corrected chi connectivity index (χ2v) is 5.70. The zero-order valence-electron chi connectivity index (χ0n) is 12.8. The molecule has 0 heterocycles. The van der Waals surface area contributed by atoms with E-state index in [2.05, 4.69) is 19.2 Å². The van der Waals surface area contributed by atoms with Gasteiger partial charge in [-0.05, 0) is 50.4 Å². The molecule has 0 aliphatic heterocycles. The molecule has 1 aromatic carbocycles. The van der Waals surface area contributed by atoms with E-state index >= 15 is 0 Å². The van der Waals surface area contributed by atoms with Gasteiger partial charge in [0.15, 0.2) is 0 Å². The van der Waals surface area contributed by atoms with Crippen LogP contribution in [0.5, 0.6) is 0 Å². The zero-order valence-corrected chi connectivity index (χ0v) is 12.8. The summed E-state index contributed by atoms with van der Waals surface area (Å²) in [5.41, 5.74) is 1.71. The molecular weight excluding hydrogens is 253 g/mol. The third-order valence-corrected chi connectivity index (χ3v) is 4.33. The summed E-state index contributed by atoms with van der Waals surface area (Å²) in [6.07, 6.45) is 4.58. The lowest BCUT2D eigenvalue weighted by Gasteiger charge is -2.38. The van der Waals surface area contributed by atoms with Crippen LogP contribution in [0.1, 0.15) is 56.7 Å². The highest BCUT2D eigenvalue weighted by molar-refractivity contribution is 5.29. The third-order valence-electron chi connectivity index (χ3n) is 4.33. The van der Waals surface area contributed by atoms with Crippen LogP contribution in [0.25, 0.3) is 0 Å². The SMILES string of the molecule is CCNC(c1ccc(F)c(C)c1)C1(OCC)CCCC1. The normalized spacial score (nSPS) is 19.2. The Balaban J connectivity index is 2.35. The summed E-state index contributed by atoms with van der Waals surface area (Å²) in [5, 5.41) is 3.57. The van der Waals surface area contributed by atoms with Crippen LogP contribution in [0.3, 0.4) is 0 Å². The smallest absolute Gasteiger partial charge is 0.126 e. The van der Waals surface area contributed by atoms with Gasteiger partial charge in [0, 0.05) is 6.61 Å². The molecule has 0 aromatic heterocycles. The predicted molar refractivity (Wildman–Crippen MR) is 80.4 cm³/mol. The summed E-state index contributed by atoms with van der Waals surface area (Å²) < 4.78 is 19.7. The first-order valence-electron chi connectivity index (χ1n) is 7.76. The molecule has 1 saturated carbocycles. The van der Waals surface area contributed by atoms with Crippen molar-refractivity contribution in [3.05, 3.63) is 35.1 Å². The van der Waals surface area contributed by atoms with Gasteiger partial charge in [0.25, 0.3) is 0 Å². The summed E-state index contributed by atoms with van der Waals surface area (Å²) in [7, 11) is 0. The maximum atomic E-state index is 13.5. The molecule has 0 saturated heterocycles. The van der Waals surface area contributed by atoms with E-state index in [1.807, 2.05) is 19.1 Å². The van der Waals surface area contributed by atoms with Gasteiger partial charge in [-0.25, -0.2) is 4.39 Å². The first kappa shape index (κ1) is 15.5. The molecule has 1 aromatic rings. The second-order valence-electron chi connectivity index (χ2n) is 5.70. The van der Waals surface area contributed by atoms with Crippen molar-refractivity contribution < 1.29 is 9.13 Å². The molecule has 3 heteroatoms. The number of nitrogens with one attached hydrogen (secondary N) is 1. The van der Waals surface area contributed by atoms with Gasteiger partial charge in [0.2, 0.25) is 0 Å². The molecule has 1 aliphatic rings. The minimum absolute atomic E-state index is 0.130. The van der Waals surface area contributed by atoms with Crippen LogP contribution in [0.4, 0.5) is 4.39 Å². The van der Waals surface area contributed by atoms with E-state index in [0.717, 1.165) is 31.6 Å². The van der Waals surface area contributed by atoms with E-state index in [9.17, 15) is 4.39 Å². The van der Waals surface area contributed by atoms with Crippen molar-refractivity contribution in [3.63, 3.8) is 0 Å². The lowest BCUT2D eigenvalue weighted by Crippen LogP contribution is -2.44. The number of likely N-dealkylation sites (N-methyl/N-ethyl adjacent to an activating group) is 1. The monoisotopic (exact) mass is 279 g/mol.